The molecule has 1 heterocycles. The number of para-hydroxylation sites is 1. The summed E-state index contributed by atoms with van der Waals surface area (Å²) in [5.74, 6) is 2.72. The highest BCUT2D eigenvalue weighted by molar-refractivity contribution is 6.14. The molecule has 3 aromatic rings. The Kier molecular flexibility index (Phi) is 6.49. The lowest BCUT2D eigenvalue weighted by Gasteiger charge is -2.22. The number of carbonyl (C=O) groups is 1. The zero-order chi connectivity index (χ0) is 23.4. The van der Waals surface area contributed by atoms with Gasteiger partial charge in [-0.2, -0.15) is 5.10 Å². The number of benzene rings is 3. The van der Waals surface area contributed by atoms with Crippen LogP contribution in [-0.4, -0.2) is 44.1 Å². The van der Waals surface area contributed by atoms with Crippen LogP contribution in [0.15, 0.2) is 71.8 Å². The number of carbonyl (C=O) groups excluding carboxylic acids is 1. The minimum atomic E-state index is -0.268. The monoisotopic (exact) mass is 445 g/mol. The maximum absolute atomic E-state index is 12.6. The molecule has 1 aliphatic heterocycles. The van der Waals surface area contributed by atoms with Crippen LogP contribution in [0.5, 0.6) is 23.0 Å². The van der Waals surface area contributed by atoms with E-state index in [-0.39, 0.29) is 12.1 Å². The molecular formula is C26H27N3O4. The Morgan fingerprint density at radius 2 is 1.61 bits per heavy atom. The van der Waals surface area contributed by atoms with E-state index in [0.29, 0.717) is 29.4 Å². The summed E-state index contributed by atoms with van der Waals surface area (Å²) in [6.07, 6.45) is 0.616. The quantitative estimate of drug-likeness (QED) is 0.610. The Balaban J connectivity index is 1.78. The molecule has 0 saturated carbocycles. The number of hydrazone groups is 1. The van der Waals surface area contributed by atoms with E-state index in [9.17, 15) is 4.79 Å². The molecule has 0 aromatic heterocycles. The highest BCUT2D eigenvalue weighted by Crippen LogP contribution is 2.35. The van der Waals surface area contributed by atoms with Gasteiger partial charge in [0.05, 0.1) is 26.0 Å². The van der Waals surface area contributed by atoms with Gasteiger partial charge < -0.3 is 19.5 Å². The third-order valence-corrected chi connectivity index (χ3v) is 5.53. The first-order chi connectivity index (χ1) is 16.0. The average Bonchev–Trinajstić information content (AvgIpc) is 2.99. The highest BCUT2D eigenvalue weighted by Gasteiger charge is 2.28. The molecule has 1 atom stereocenters. The second kappa shape index (κ2) is 9.65. The molecule has 170 valence electrons. The zero-order valence-corrected chi connectivity index (χ0v) is 19.2. The van der Waals surface area contributed by atoms with Crippen LogP contribution in [0, 0.1) is 0 Å². The van der Waals surface area contributed by atoms with Crippen molar-refractivity contribution in [3.05, 3.63) is 83.4 Å². The SMILES string of the molecule is CNC(=O)N1N=C(c2ccc(Oc3ccccc3)cc2)c2cc(OC)c(OC)cc2CC1C. The van der Waals surface area contributed by atoms with E-state index in [1.54, 1.807) is 21.3 Å². The summed E-state index contributed by atoms with van der Waals surface area (Å²) in [5.41, 5.74) is 3.44. The van der Waals surface area contributed by atoms with Crippen molar-refractivity contribution in [1.82, 2.24) is 10.3 Å². The average molecular weight is 446 g/mol. The van der Waals surface area contributed by atoms with Crippen molar-refractivity contribution in [2.45, 2.75) is 19.4 Å². The van der Waals surface area contributed by atoms with Crippen LogP contribution in [0.4, 0.5) is 4.79 Å². The molecule has 1 unspecified atom stereocenters. The Bertz CT molecular complexity index is 1160. The van der Waals surface area contributed by atoms with E-state index in [0.717, 1.165) is 22.4 Å². The van der Waals surface area contributed by atoms with Gasteiger partial charge in [0.15, 0.2) is 11.5 Å². The fourth-order valence-electron chi connectivity index (χ4n) is 3.85. The van der Waals surface area contributed by atoms with E-state index in [1.807, 2.05) is 73.7 Å². The van der Waals surface area contributed by atoms with Gasteiger partial charge in [0, 0.05) is 18.2 Å². The number of rotatable bonds is 5. The summed E-state index contributed by atoms with van der Waals surface area (Å²) in [5, 5.41) is 8.96. The van der Waals surface area contributed by atoms with Gasteiger partial charge in [-0.05, 0) is 67.4 Å². The fraction of sp³-hybridized carbons (Fsp3) is 0.231. The lowest BCUT2D eigenvalue weighted by atomic mass is 9.94. The van der Waals surface area contributed by atoms with Gasteiger partial charge in [-0.3, -0.25) is 0 Å². The summed E-state index contributed by atoms with van der Waals surface area (Å²) in [6, 6.07) is 20.7. The maximum atomic E-state index is 12.6. The van der Waals surface area contributed by atoms with Crippen LogP contribution in [0.25, 0.3) is 0 Å². The van der Waals surface area contributed by atoms with Crippen molar-refractivity contribution in [3.63, 3.8) is 0 Å². The molecule has 0 saturated heterocycles. The van der Waals surface area contributed by atoms with Crippen LogP contribution >= 0.6 is 0 Å². The molecule has 7 heteroatoms. The molecule has 0 spiro atoms. The van der Waals surface area contributed by atoms with E-state index in [2.05, 4.69) is 5.32 Å². The van der Waals surface area contributed by atoms with Crippen molar-refractivity contribution in [3.8, 4) is 23.0 Å². The van der Waals surface area contributed by atoms with Crippen LogP contribution in [0.2, 0.25) is 0 Å². The molecule has 0 fully saturated rings. The molecule has 3 aromatic carbocycles. The molecule has 0 aliphatic carbocycles. The van der Waals surface area contributed by atoms with Gasteiger partial charge in [-0.15, -0.1) is 0 Å². The van der Waals surface area contributed by atoms with E-state index in [1.165, 1.54) is 5.01 Å². The first-order valence-corrected chi connectivity index (χ1v) is 10.7. The number of fused-ring (bicyclic) bond motifs is 1. The van der Waals surface area contributed by atoms with Gasteiger partial charge in [0.1, 0.15) is 11.5 Å². The van der Waals surface area contributed by atoms with Gasteiger partial charge >= 0.3 is 6.03 Å². The number of nitrogens with one attached hydrogen (secondary N) is 1. The van der Waals surface area contributed by atoms with Crippen LogP contribution < -0.4 is 19.5 Å². The van der Waals surface area contributed by atoms with Gasteiger partial charge in [0.2, 0.25) is 0 Å². The summed E-state index contributed by atoms with van der Waals surface area (Å²) in [7, 11) is 4.82. The zero-order valence-electron chi connectivity index (χ0n) is 19.2. The number of nitrogens with zero attached hydrogens (tertiary/aromatic N) is 2. The lowest BCUT2D eigenvalue weighted by molar-refractivity contribution is 0.184. The molecule has 7 nitrogen and oxygen atoms in total. The van der Waals surface area contributed by atoms with Crippen molar-refractivity contribution in [2.24, 2.45) is 5.10 Å². The minimum absolute atomic E-state index is 0.153. The molecule has 0 radical (unpaired) electrons. The number of amides is 2. The smallest absolute Gasteiger partial charge is 0.337 e. The van der Waals surface area contributed by atoms with Gasteiger partial charge in [0.25, 0.3) is 0 Å². The number of urea groups is 1. The number of hydrogen-bond donors (Lipinski definition) is 1. The number of methoxy groups -OCH3 is 2. The lowest BCUT2D eigenvalue weighted by Crippen LogP contribution is -2.41. The number of hydrogen-bond acceptors (Lipinski definition) is 5. The van der Waals surface area contributed by atoms with E-state index in [4.69, 9.17) is 19.3 Å². The van der Waals surface area contributed by atoms with Crippen molar-refractivity contribution >= 4 is 11.7 Å². The second-order valence-corrected chi connectivity index (χ2v) is 7.71. The fourth-order valence-corrected chi connectivity index (χ4v) is 3.85. The second-order valence-electron chi connectivity index (χ2n) is 7.71. The van der Waals surface area contributed by atoms with E-state index < -0.39 is 0 Å². The normalized spacial score (nSPS) is 15.1. The first kappa shape index (κ1) is 22.2. The Hall–Kier alpha value is -4.00. The summed E-state index contributed by atoms with van der Waals surface area (Å²) in [4.78, 5) is 12.6. The van der Waals surface area contributed by atoms with Crippen LogP contribution in [0.1, 0.15) is 23.6 Å². The van der Waals surface area contributed by atoms with Crippen molar-refractivity contribution in [2.75, 3.05) is 21.3 Å². The van der Waals surface area contributed by atoms with Crippen LogP contribution in [0.3, 0.4) is 0 Å². The minimum Gasteiger partial charge on any atom is -0.493 e. The first-order valence-electron chi connectivity index (χ1n) is 10.7. The number of ether oxygens (including phenoxy) is 3. The van der Waals surface area contributed by atoms with E-state index >= 15 is 0 Å². The molecule has 4 rings (SSSR count). The molecule has 2 amide bonds. The summed E-state index contributed by atoms with van der Waals surface area (Å²) < 4.78 is 17.0. The summed E-state index contributed by atoms with van der Waals surface area (Å²) >= 11 is 0. The third-order valence-electron chi connectivity index (χ3n) is 5.53. The van der Waals surface area contributed by atoms with Gasteiger partial charge in [-0.1, -0.05) is 18.2 Å². The van der Waals surface area contributed by atoms with Gasteiger partial charge in [-0.25, -0.2) is 9.80 Å². The predicted octanol–water partition coefficient (Wildman–Crippen LogP) is 4.83. The maximum Gasteiger partial charge on any atom is 0.337 e. The Labute approximate surface area is 193 Å². The molecule has 1 aliphatic rings. The Morgan fingerprint density at radius 3 is 2.24 bits per heavy atom. The molecule has 33 heavy (non-hydrogen) atoms. The third kappa shape index (κ3) is 4.62. The van der Waals surface area contributed by atoms with Crippen LogP contribution in [-0.2, 0) is 6.42 Å². The largest absolute Gasteiger partial charge is 0.493 e. The molecule has 0 bridgehead atoms. The predicted molar refractivity (Wildman–Crippen MR) is 128 cm³/mol. The highest BCUT2D eigenvalue weighted by atomic mass is 16.5. The molecular weight excluding hydrogens is 418 g/mol. The molecule has 1 N–H and O–H groups in total. The summed E-state index contributed by atoms with van der Waals surface area (Å²) in [6.45, 7) is 1.97. The van der Waals surface area contributed by atoms with Crippen molar-refractivity contribution < 1.29 is 19.0 Å². The Morgan fingerprint density at radius 1 is 0.970 bits per heavy atom. The standard InChI is InChI=1S/C26H27N3O4/c1-17-14-19-15-23(31-3)24(32-4)16-22(19)25(28-29(17)26(30)27-2)18-10-12-21(13-11-18)33-20-8-6-5-7-9-20/h5-13,15-17H,14H2,1-4H3,(H,27,30). The van der Waals surface area contributed by atoms with Crippen molar-refractivity contribution in [1.29, 1.82) is 0 Å². The topological polar surface area (TPSA) is 72.4 Å².